The smallest absolute Gasteiger partial charge is 0.222 e. The van der Waals surface area contributed by atoms with Gasteiger partial charge in [-0.2, -0.15) is 4.98 Å². The molecule has 0 saturated carbocycles. The minimum atomic E-state index is 0.217. The molecule has 0 radical (unpaired) electrons. The van der Waals surface area contributed by atoms with E-state index in [0.717, 1.165) is 32.2 Å². The van der Waals surface area contributed by atoms with Gasteiger partial charge in [0, 0.05) is 15.5 Å². The first-order chi connectivity index (χ1) is 14.0. The van der Waals surface area contributed by atoms with Gasteiger partial charge in [0.25, 0.3) is 0 Å². The van der Waals surface area contributed by atoms with Crippen LogP contribution >= 0.6 is 15.9 Å². The zero-order valence-electron chi connectivity index (χ0n) is 15.8. The molecule has 5 N–H and O–H groups in total. The lowest BCUT2D eigenvalue weighted by Gasteiger charge is -2.12. The van der Waals surface area contributed by atoms with E-state index in [1.54, 1.807) is 0 Å². The van der Waals surface area contributed by atoms with E-state index in [-0.39, 0.29) is 5.95 Å². The summed E-state index contributed by atoms with van der Waals surface area (Å²) in [5.74, 6) is 1.54. The van der Waals surface area contributed by atoms with E-state index >= 15 is 0 Å². The van der Waals surface area contributed by atoms with Gasteiger partial charge < -0.3 is 21.5 Å². The summed E-state index contributed by atoms with van der Waals surface area (Å²) in [4.78, 5) is 8.78. The summed E-state index contributed by atoms with van der Waals surface area (Å²) in [6.45, 7) is 2.49. The minimum Gasteiger partial charge on any atom is -0.492 e. The first kappa shape index (κ1) is 19.0. The van der Waals surface area contributed by atoms with Crippen LogP contribution in [-0.4, -0.2) is 16.6 Å². The molecule has 1 aromatic heterocycles. The largest absolute Gasteiger partial charge is 0.492 e. The van der Waals surface area contributed by atoms with E-state index in [4.69, 9.17) is 16.2 Å². The summed E-state index contributed by atoms with van der Waals surface area (Å²) >= 11 is 3.49. The van der Waals surface area contributed by atoms with Crippen molar-refractivity contribution >= 4 is 50.0 Å². The highest BCUT2D eigenvalue weighted by molar-refractivity contribution is 9.10. The normalized spacial score (nSPS) is 10.8. The van der Waals surface area contributed by atoms with E-state index in [2.05, 4.69) is 31.2 Å². The summed E-state index contributed by atoms with van der Waals surface area (Å²) in [5.41, 5.74) is 16.2. The molecule has 0 aliphatic heterocycles. The third-order valence-electron chi connectivity index (χ3n) is 4.45. The molecule has 29 heavy (non-hydrogen) atoms. The maximum atomic E-state index is 6.01. The maximum absolute atomic E-state index is 6.01. The van der Waals surface area contributed by atoms with E-state index in [1.807, 2.05) is 67.6 Å². The van der Waals surface area contributed by atoms with Gasteiger partial charge in [-0.3, -0.25) is 0 Å². The van der Waals surface area contributed by atoms with E-state index in [0.29, 0.717) is 23.9 Å². The molecule has 0 saturated heterocycles. The molecule has 3 aromatic carbocycles. The highest BCUT2D eigenvalue weighted by atomic mass is 79.9. The topological polar surface area (TPSA) is 99.1 Å². The number of nitrogen functional groups attached to an aromatic ring is 2. The number of hydrogen-bond donors (Lipinski definition) is 3. The first-order valence-electron chi connectivity index (χ1n) is 9.16. The molecule has 0 aliphatic rings. The molecule has 7 heteroatoms. The fourth-order valence-electron chi connectivity index (χ4n) is 3.12. The number of anilines is 4. The van der Waals surface area contributed by atoms with Gasteiger partial charge >= 0.3 is 0 Å². The highest BCUT2D eigenvalue weighted by Crippen LogP contribution is 2.33. The predicted molar refractivity (Wildman–Crippen MR) is 122 cm³/mol. The van der Waals surface area contributed by atoms with Crippen molar-refractivity contribution < 1.29 is 4.74 Å². The molecule has 4 aromatic rings. The van der Waals surface area contributed by atoms with Crippen LogP contribution in [0.3, 0.4) is 0 Å². The Morgan fingerprint density at radius 2 is 1.76 bits per heavy atom. The van der Waals surface area contributed by atoms with Crippen LogP contribution in [-0.2, 0) is 0 Å². The van der Waals surface area contributed by atoms with Gasteiger partial charge in [0.15, 0.2) is 0 Å². The van der Waals surface area contributed by atoms with Gasteiger partial charge in [-0.05, 0) is 60.5 Å². The van der Waals surface area contributed by atoms with Crippen LogP contribution in [0.2, 0.25) is 0 Å². The third-order valence-corrected chi connectivity index (χ3v) is 4.94. The number of fused-ring (bicyclic) bond motifs is 1. The molecule has 0 spiro atoms. The molecule has 0 fully saturated rings. The van der Waals surface area contributed by atoms with Crippen molar-refractivity contribution in [3.63, 3.8) is 0 Å². The fourth-order valence-corrected chi connectivity index (χ4v) is 3.52. The molecule has 1 heterocycles. The molecule has 146 valence electrons. The second-order valence-electron chi connectivity index (χ2n) is 6.48. The quantitative estimate of drug-likeness (QED) is 0.354. The van der Waals surface area contributed by atoms with E-state index in [9.17, 15) is 0 Å². The molecular weight excluding hydrogens is 430 g/mol. The Labute approximate surface area is 177 Å². The number of rotatable bonds is 5. The van der Waals surface area contributed by atoms with Crippen molar-refractivity contribution in [1.82, 2.24) is 9.97 Å². The van der Waals surface area contributed by atoms with Crippen molar-refractivity contribution in [2.45, 2.75) is 6.92 Å². The predicted octanol–water partition coefficient (Wildman–Crippen LogP) is 5.37. The van der Waals surface area contributed by atoms with Crippen LogP contribution in [0.5, 0.6) is 5.75 Å². The van der Waals surface area contributed by atoms with Gasteiger partial charge in [-0.15, -0.1) is 0 Å². The Kier molecular flexibility index (Phi) is 5.22. The fraction of sp³-hybridized carbons (Fsp3) is 0.0909. The highest BCUT2D eigenvalue weighted by Gasteiger charge is 2.10. The van der Waals surface area contributed by atoms with Crippen molar-refractivity contribution in [3.05, 3.63) is 65.1 Å². The van der Waals surface area contributed by atoms with Crippen LogP contribution in [0.25, 0.3) is 22.0 Å². The summed E-state index contributed by atoms with van der Waals surface area (Å²) in [6, 6.07) is 19.6. The monoisotopic (exact) mass is 449 g/mol. The first-order valence-corrected chi connectivity index (χ1v) is 9.95. The number of nitrogens with zero attached hydrogens (tertiary/aromatic N) is 2. The zero-order chi connectivity index (χ0) is 20.4. The molecule has 4 rings (SSSR count). The molecule has 0 amide bonds. The van der Waals surface area contributed by atoms with E-state index in [1.165, 1.54) is 0 Å². The Bertz CT molecular complexity index is 1200. The Morgan fingerprint density at radius 1 is 0.966 bits per heavy atom. The molecule has 0 bridgehead atoms. The Morgan fingerprint density at radius 3 is 2.55 bits per heavy atom. The molecule has 6 nitrogen and oxygen atoms in total. The summed E-state index contributed by atoms with van der Waals surface area (Å²) in [6.07, 6.45) is 0. The lowest BCUT2D eigenvalue weighted by Crippen LogP contribution is -2.01. The standard InChI is InChI=1S/C22H20BrN5O/c1-2-29-20-11-14(6-8-18(20)24)13-7-9-19-17(10-13)21(28-22(25)27-19)26-16-5-3-4-15(23)12-16/h3-12H,2,24H2,1H3,(H3,25,26,27,28). The molecular formula is C22H20BrN5O. The second-order valence-corrected chi connectivity index (χ2v) is 7.40. The van der Waals surface area contributed by atoms with Crippen molar-refractivity contribution in [2.24, 2.45) is 0 Å². The Balaban J connectivity index is 1.80. The number of halogens is 1. The van der Waals surface area contributed by atoms with Gasteiger partial charge in [0.2, 0.25) is 5.95 Å². The van der Waals surface area contributed by atoms with Crippen LogP contribution in [0, 0.1) is 0 Å². The lowest BCUT2D eigenvalue weighted by molar-refractivity contribution is 0.342. The van der Waals surface area contributed by atoms with Gasteiger partial charge in [0.05, 0.1) is 17.8 Å². The van der Waals surface area contributed by atoms with Crippen LogP contribution < -0.4 is 21.5 Å². The van der Waals surface area contributed by atoms with Crippen LogP contribution in [0.15, 0.2) is 65.1 Å². The van der Waals surface area contributed by atoms with Crippen molar-refractivity contribution in [1.29, 1.82) is 0 Å². The number of ether oxygens (including phenoxy) is 1. The average Bonchev–Trinajstić information content (AvgIpc) is 2.69. The summed E-state index contributed by atoms with van der Waals surface area (Å²) in [7, 11) is 0. The van der Waals surface area contributed by atoms with Crippen molar-refractivity contribution in [2.75, 3.05) is 23.4 Å². The van der Waals surface area contributed by atoms with Gasteiger partial charge in [0.1, 0.15) is 11.6 Å². The molecule has 0 atom stereocenters. The maximum Gasteiger partial charge on any atom is 0.222 e. The van der Waals surface area contributed by atoms with Crippen LogP contribution in [0.4, 0.5) is 23.1 Å². The number of benzene rings is 3. The van der Waals surface area contributed by atoms with Gasteiger partial charge in [-0.25, -0.2) is 4.98 Å². The number of nitrogens with one attached hydrogen (secondary N) is 1. The van der Waals surface area contributed by atoms with Gasteiger partial charge in [-0.1, -0.05) is 34.1 Å². The number of aromatic nitrogens is 2. The lowest BCUT2D eigenvalue weighted by atomic mass is 10.0. The third kappa shape index (κ3) is 4.09. The summed E-state index contributed by atoms with van der Waals surface area (Å²) < 4.78 is 6.61. The van der Waals surface area contributed by atoms with E-state index < -0.39 is 0 Å². The average molecular weight is 450 g/mol. The summed E-state index contributed by atoms with van der Waals surface area (Å²) in [5, 5.41) is 4.21. The number of nitrogens with two attached hydrogens (primary N) is 2. The molecule has 0 unspecified atom stereocenters. The minimum absolute atomic E-state index is 0.217. The SMILES string of the molecule is CCOc1cc(-c2ccc3nc(N)nc(Nc4cccc(Br)c4)c3c2)ccc1N. The molecule has 0 aliphatic carbocycles. The number of hydrogen-bond acceptors (Lipinski definition) is 6. The van der Waals surface area contributed by atoms with Crippen molar-refractivity contribution in [3.8, 4) is 16.9 Å². The Hall–Kier alpha value is -3.32. The second kappa shape index (κ2) is 7.97. The zero-order valence-corrected chi connectivity index (χ0v) is 17.4. The van der Waals surface area contributed by atoms with Crippen LogP contribution in [0.1, 0.15) is 6.92 Å².